The third-order valence-corrected chi connectivity index (χ3v) is 5.24. The van der Waals surface area contributed by atoms with Crippen molar-refractivity contribution in [1.29, 1.82) is 0 Å². The second kappa shape index (κ2) is 8.40. The maximum Gasteiger partial charge on any atom is 0.251 e. The van der Waals surface area contributed by atoms with Gasteiger partial charge in [-0.05, 0) is 36.1 Å². The van der Waals surface area contributed by atoms with Crippen LogP contribution in [-0.4, -0.2) is 31.8 Å². The van der Waals surface area contributed by atoms with E-state index in [1.807, 2.05) is 36.4 Å². The van der Waals surface area contributed by atoms with Crippen LogP contribution in [-0.2, 0) is 5.75 Å². The first kappa shape index (κ1) is 17.1. The molecule has 24 heavy (non-hydrogen) atoms. The Balaban J connectivity index is 1.62. The number of carbonyl (C=O) groups is 1. The van der Waals surface area contributed by atoms with Crippen molar-refractivity contribution in [3.8, 4) is 0 Å². The minimum Gasteiger partial charge on any atom is -0.463 e. The van der Waals surface area contributed by atoms with Gasteiger partial charge in [-0.15, -0.1) is 0 Å². The first-order valence-corrected chi connectivity index (χ1v) is 9.91. The lowest BCUT2D eigenvalue weighted by Crippen LogP contribution is -3.11. The van der Waals surface area contributed by atoms with Gasteiger partial charge in [-0.1, -0.05) is 12.1 Å². The van der Waals surface area contributed by atoms with E-state index < -0.39 is 0 Å². The number of benzene rings is 1. The highest BCUT2D eigenvalue weighted by Gasteiger charge is 2.29. The number of quaternary nitrogens is 1. The Bertz CT molecular complexity index is 634. The van der Waals surface area contributed by atoms with Gasteiger partial charge >= 0.3 is 0 Å². The molecule has 5 heteroatoms. The van der Waals surface area contributed by atoms with E-state index in [4.69, 9.17) is 4.42 Å². The zero-order valence-electron chi connectivity index (χ0n) is 14.1. The highest BCUT2D eigenvalue weighted by atomic mass is 32.2. The number of thioether (sulfide) groups is 1. The van der Waals surface area contributed by atoms with Gasteiger partial charge in [0.15, 0.2) is 11.8 Å². The van der Waals surface area contributed by atoms with E-state index >= 15 is 0 Å². The standard InChI is InChI=1S/C19H24N2O2S/c1-24-14-15-6-8-16(9-7-15)19(22)20-13-17(18-5-4-12-23-18)21-10-2-3-11-21/h4-9,12,17H,2-3,10-11,13-14H2,1H3,(H,20,22)/p+1/t17-/m1/s1. The summed E-state index contributed by atoms with van der Waals surface area (Å²) in [5.74, 6) is 1.92. The Morgan fingerprint density at radius 1 is 1.25 bits per heavy atom. The van der Waals surface area contributed by atoms with Crippen molar-refractivity contribution in [2.45, 2.75) is 24.6 Å². The van der Waals surface area contributed by atoms with Crippen LogP contribution in [0.15, 0.2) is 47.1 Å². The largest absolute Gasteiger partial charge is 0.463 e. The SMILES string of the molecule is CSCc1ccc(C(=O)NC[C@H](c2ccco2)[NH+]2CCCC2)cc1. The van der Waals surface area contributed by atoms with Gasteiger partial charge in [-0.3, -0.25) is 4.79 Å². The second-order valence-electron chi connectivity index (χ2n) is 6.27. The van der Waals surface area contributed by atoms with Crippen molar-refractivity contribution < 1.29 is 14.1 Å². The molecule has 0 radical (unpaired) electrons. The van der Waals surface area contributed by atoms with Crippen molar-refractivity contribution in [2.24, 2.45) is 0 Å². The number of likely N-dealkylation sites (tertiary alicyclic amines) is 1. The highest BCUT2D eigenvalue weighted by Crippen LogP contribution is 2.13. The maximum absolute atomic E-state index is 12.4. The second-order valence-corrected chi connectivity index (χ2v) is 7.14. The Hall–Kier alpha value is -1.72. The van der Waals surface area contributed by atoms with Crippen LogP contribution in [0.1, 0.15) is 40.6 Å². The monoisotopic (exact) mass is 345 g/mol. The fourth-order valence-electron chi connectivity index (χ4n) is 3.33. The van der Waals surface area contributed by atoms with Crippen molar-refractivity contribution in [1.82, 2.24) is 5.32 Å². The molecular weight excluding hydrogens is 320 g/mol. The van der Waals surface area contributed by atoms with Gasteiger partial charge in [0, 0.05) is 24.2 Å². The van der Waals surface area contributed by atoms with Gasteiger partial charge in [0.1, 0.15) is 0 Å². The molecule has 2 aromatic rings. The lowest BCUT2D eigenvalue weighted by Gasteiger charge is -2.23. The van der Waals surface area contributed by atoms with Crippen molar-refractivity contribution in [3.05, 3.63) is 59.5 Å². The van der Waals surface area contributed by atoms with Crippen LogP contribution >= 0.6 is 11.8 Å². The van der Waals surface area contributed by atoms with E-state index in [0.29, 0.717) is 6.54 Å². The third kappa shape index (κ3) is 4.22. The molecule has 1 aliphatic heterocycles. The minimum atomic E-state index is -0.0131. The van der Waals surface area contributed by atoms with Crippen LogP contribution < -0.4 is 10.2 Å². The molecule has 2 heterocycles. The van der Waals surface area contributed by atoms with Crippen LogP contribution in [0.4, 0.5) is 0 Å². The predicted molar refractivity (Wildman–Crippen MR) is 97.4 cm³/mol. The zero-order chi connectivity index (χ0) is 16.8. The van der Waals surface area contributed by atoms with E-state index in [1.54, 1.807) is 18.0 Å². The quantitative estimate of drug-likeness (QED) is 0.809. The number of amides is 1. The maximum atomic E-state index is 12.4. The summed E-state index contributed by atoms with van der Waals surface area (Å²) in [6.07, 6.45) is 6.29. The molecule has 0 unspecified atom stereocenters. The molecule has 0 bridgehead atoms. The number of rotatable bonds is 7. The summed E-state index contributed by atoms with van der Waals surface area (Å²) in [4.78, 5) is 13.9. The molecule has 0 aliphatic carbocycles. The molecule has 1 saturated heterocycles. The van der Waals surface area contributed by atoms with Crippen LogP contribution in [0.3, 0.4) is 0 Å². The number of furan rings is 1. The molecule has 1 aliphatic rings. The fraction of sp³-hybridized carbons (Fsp3) is 0.421. The zero-order valence-corrected chi connectivity index (χ0v) is 14.9. The van der Waals surface area contributed by atoms with Crippen molar-refractivity contribution >= 4 is 17.7 Å². The summed E-state index contributed by atoms with van der Waals surface area (Å²) in [5, 5.41) is 3.09. The van der Waals surface area contributed by atoms with Crippen molar-refractivity contribution in [2.75, 3.05) is 25.9 Å². The smallest absolute Gasteiger partial charge is 0.251 e. The number of nitrogens with one attached hydrogen (secondary N) is 2. The molecule has 2 N–H and O–H groups in total. The molecule has 1 atom stereocenters. The van der Waals surface area contributed by atoms with E-state index in [-0.39, 0.29) is 11.9 Å². The summed E-state index contributed by atoms with van der Waals surface area (Å²) < 4.78 is 5.61. The van der Waals surface area contributed by atoms with E-state index in [9.17, 15) is 4.79 Å². The van der Waals surface area contributed by atoms with Gasteiger partial charge in [0.2, 0.25) is 0 Å². The lowest BCUT2D eigenvalue weighted by molar-refractivity contribution is -0.919. The van der Waals surface area contributed by atoms with Gasteiger partial charge in [0.25, 0.3) is 5.91 Å². The number of carbonyl (C=O) groups excluding carboxylic acids is 1. The average Bonchev–Trinajstić information content (AvgIpc) is 3.30. The molecule has 0 saturated carbocycles. The molecule has 128 valence electrons. The van der Waals surface area contributed by atoms with Gasteiger partial charge < -0.3 is 14.6 Å². The van der Waals surface area contributed by atoms with Crippen LogP contribution in [0.2, 0.25) is 0 Å². The Labute approximate surface area is 147 Å². The number of hydrogen-bond donors (Lipinski definition) is 2. The summed E-state index contributed by atoms with van der Waals surface area (Å²) in [7, 11) is 0. The Kier molecular flexibility index (Phi) is 5.99. The van der Waals surface area contributed by atoms with Gasteiger partial charge in [-0.2, -0.15) is 11.8 Å². The Morgan fingerprint density at radius 2 is 2.00 bits per heavy atom. The fourth-order valence-corrected chi connectivity index (χ4v) is 3.85. The lowest BCUT2D eigenvalue weighted by atomic mass is 10.1. The molecule has 1 amide bonds. The molecule has 1 aromatic heterocycles. The summed E-state index contributed by atoms with van der Waals surface area (Å²) in [6.45, 7) is 2.89. The van der Waals surface area contributed by atoms with Crippen LogP contribution in [0.5, 0.6) is 0 Å². The summed E-state index contributed by atoms with van der Waals surface area (Å²) >= 11 is 1.78. The molecule has 3 rings (SSSR count). The molecule has 1 aromatic carbocycles. The first-order chi connectivity index (χ1) is 11.8. The van der Waals surface area contributed by atoms with Crippen LogP contribution in [0.25, 0.3) is 0 Å². The van der Waals surface area contributed by atoms with Gasteiger partial charge in [0.05, 0.1) is 25.9 Å². The summed E-state index contributed by atoms with van der Waals surface area (Å²) in [5.41, 5.74) is 1.96. The van der Waals surface area contributed by atoms with E-state index in [2.05, 4.69) is 11.6 Å². The van der Waals surface area contributed by atoms with Gasteiger partial charge in [-0.25, -0.2) is 0 Å². The third-order valence-electron chi connectivity index (χ3n) is 4.62. The summed E-state index contributed by atoms with van der Waals surface area (Å²) in [6, 6.07) is 12.0. The normalized spacial score (nSPS) is 16.2. The van der Waals surface area contributed by atoms with Crippen LogP contribution in [0, 0.1) is 0 Å². The van der Waals surface area contributed by atoms with Crippen molar-refractivity contribution in [3.63, 3.8) is 0 Å². The average molecular weight is 345 g/mol. The van der Waals surface area contributed by atoms with E-state index in [0.717, 1.165) is 30.2 Å². The Morgan fingerprint density at radius 3 is 2.62 bits per heavy atom. The van der Waals surface area contributed by atoms with E-state index in [1.165, 1.54) is 23.3 Å². The molecular formula is C19H25N2O2S+. The molecule has 4 nitrogen and oxygen atoms in total. The first-order valence-electron chi connectivity index (χ1n) is 8.52. The minimum absolute atomic E-state index is 0.0131. The highest BCUT2D eigenvalue weighted by molar-refractivity contribution is 7.97. The number of hydrogen-bond acceptors (Lipinski definition) is 3. The molecule has 0 spiro atoms. The molecule has 1 fully saturated rings. The topological polar surface area (TPSA) is 46.7 Å². The predicted octanol–water partition coefficient (Wildman–Crippen LogP) is 2.29.